The van der Waals surface area contributed by atoms with Crippen LogP contribution >= 0.6 is 34.2 Å². The van der Waals surface area contributed by atoms with Crippen molar-refractivity contribution in [1.82, 2.24) is 10.7 Å². The zero-order valence-corrected chi connectivity index (χ0v) is 21.4. The number of methoxy groups -OCH3 is 1. The molecule has 0 bridgehead atoms. The molecule has 32 heavy (non-hydrogen) atoms. The fourth-order valence-electron chi connectivity index (χ4n) is 2.92. The molecule has 0 radical (unpaired) electrons. The summed E-state index contributed by atoms with van der Waals surface area (Å²) in [6.07, 6.45) is 1.99. The van der Waals surface area contributed by atoms with Crippen LogP contribution in [0.5, 0.6) is 11.5 Å². The summed E-state index contributed by atoms with van der Waals surface area (Å²) in [7, 11) is 1.58. The van der Waals surface area contributed by atoms with E-state index in [1.807, 2.05) is 26.8 Å². The van der Waals surface area contributed by atoms with Crippen LogP contribution in [0.15, 0.2) is 41.5 Å². The summed E-state index contributed by atoms with van der Waals surface area (Å²) < 4.78 is 11.9. The van der Waals surface area contributed by atoms with Gasteiger partial charge >= 0.3 is 0 Å². The van der Waals surface area contributed by atoms with Crippen molar-refractivity contribution >= 4 is 52.2 Å². The number of carbonyl (C=O) groups is 2. The van der Waals surface area contributed by atoms with Crippen molar-refractivity contribution in [3.8, 4) is 11.5 Å². The van der Waals surface area contributed by atoms with E-state index in [0.29, 0.717) is 35.1 Å². The Morgan fingerprint density at radius 3 is 2.50 bits per heavy atom. The van der Waals surface area contributed by atoms with Gasteiger partial charge in [-0.05, 0) is 83.8 Å². The molecule has 172 valence electrons. The van der Waals surface area contributed by atoms with E-state index >= 15 is 0 Å². The summed E-state index contributed by atoms with van der Waals surface area (Å²) in [5.41, 5.74) is 3.69. The number of halogens is 2. The van der Waals surface area contributed by atoms with Gasteiger partial charge < -0.3 is 14.8 Å². The van der Waals surface area contributed by atoms with Crippen LogP contribution in [-0.2, 0) is 4.79 Å². The third-order valence-corrected chi connectivity index (χ3v) is 5.41. The van der Waals surface area contributed by atoms with Crippen LogP contribution < -0.4 is 20.2 Å². The van der Waals surface area contributed by atoms with Gasteiger partial charge in [0.1, 0.15) is 6.04 Å². The van der Waals surface area contributed by atoms with Gasteiger partial charge in [-0.2, -0.15) is 5.10 Å². The van der Waals surface area contributed by atoms with E-state index in [2.05, 4.69) is 38.4 Å². The monoisotopic (exact) mass is 571 g/mol. The summed E-state index contributed by atoms with van der Waals surface area (Å²) in [4.78, 5) is 25.3. The second-order valence-electron chi connectivity index (χ2n) is 7.36. The predicted molar refractivity (Wildman–Crippen MR) is 135 cm³/mol. The molecule has 2 aromatic carbocycles. The number of rotatable bonds is 10. The van der Waals surface area contributed by atoms with Crippen LogP contribution in [0.1, 0.15) is 43.1 Å². The standard InChI is InChI=1S/C23H27ClIN3O4/c1-5-32-20-12-15(11-18(25)21(20)31-4)13-26-28-23(30)19(10-14(2)3)27-22(29)16-6-8-17(24)9-7-16/h6-9,11-14,19H,5,10H2,1-4H3,(H,27,29)(H,28,30). The molecule has 7 nitrogen and oxygen atoms in total. The maximum absolute atomic E-state index is 12.7. The van der Waals surface area contributed by atoms with E-state index in [1.165, 1.54) is 6.21 Å². The number of carbonyl (C=O) groups excluding carboxylic acids is 2. The quantitative estimate of drug-likeness (QED) is 0.247. The molecular weight excluding hydrogens is 545 g/mol. The Kier molecular flexibility index (Phi) is 10.2. The Morgan fingerprint density at radius 2 is 1.91 bits per heavy atom. The molecule has 0 heterocycles. The molecule has 0 aliphatic rings. The first kappa shape index (κ1) is 25.9. The van der Waals surface area contributed by atoms with Crippen LogP contribution in [0, 0.1) is 9.49 Å². The highest BCUT2D eigenvalue weighted by Crippen LogP contribution is 2.33. The fraction of sp³-hybridized carbons (Fsp3) is 0.348. The number of nitrogens with zero attached hydrogens (tertiary/aromatic N) is 1. The Labute approximate surface area is 207 Å². The highest BCUT2D eigenvalue weighted by Gasteiger charge is 2.22. The molecule has 0 aliphatic carbocycles. The van der Waals surface area contributed by atoms with Gasteiger partial charge in [0.25, 0.3) is 11.8 Å². The van der Waals surface area contributed by atoms with Crippen molar-refractivity contribution < 1.29 is 19.1 Å². The van der Waals surface area contributed by atoms with Gasteiger partial charge in [0.15, 0.2) is 11.5 Å². The van der Waals surface area contributed by atoms with Crippen molar-refractivity contribution in [2.75, 3.05) is 13.7 Å². The summed E-state index contributed by atoms with van der Waals surface area (Å²) >= 11 is 8.03. The van der Waals surface area contributed by atoms with Crippen molar-refractivity contribution in [1.29, 1.82) is 0 Å². The first-order valence-electron chi connectivity index (χ1n) is 10.1. The number of hydrazone groups is 1. The van der Waals surface area contributed by atoms with Gasteiger partial charge in [0.05, 0.1) is 23.5 Å². The van der Waals surface area contributed by atoms with E-state index in [1.54, 1.807) is 37.4 Å². The number of nitrogens with one attached hydrogen (secondary N) is 2. The number of hydrogen-bond acceptors (Lipinski definition) is 5. The first-order valence-corrected chi connectivity index (χ1v) is 11.6. The van der Waals surface area contributed by atoms with Gasteiger partial charge in [0, 0.05) is 10.6 Å². The maximum Gasteiger partial charge on any atom is 0.262 e. The fourth-order valence-corrected chi connectivity index (χ4v) is 3.89. The molecule has 0 aromatic heterocycles. The van der Waals surface area contributed by atoms with Crippen LogP contribution in [-0.4, -0.2) is 37.8 Å². The topological polar surface area (TPSA) is 89.0 Å². The first-order chi connectivity index (χ1) is 15.2. The van der Waals surface area contributed by atoms with Gasteiger partial charge in [-0.25, -0.2) is 5.43 Å². The average molecular weight is 572 g/mol. The lowest BCUT2D eigenvalue weighted by Gasteiger charge is -2.19. The smallest absolute Gasteiger partial charge is 0.262 e. The molecule has 0 saturated carbocycles. The molecule has 2 amide bonds. The number of ether oxygens (including phenoxy) is 2. The maximum atomic E-state index is 12.7. The normalized spacial score (nSPS) is 12.0. The zero-order valence-electron chi connectivity index (χ0n) is 18.4. The summed E-state index contributed by atoms with van der Waals surface area (Å²) in [6, 6.07) is 9.41. The predicted octanol–water partition coefficient (Wildman–Crippen LogP) is 4.65. The minimum absolute atomic E-state index is 0.192. The van der Waals surface area contributed by atoms with Crippen LogP contribution in [0.2, 0.25) is 5.02 Å². The van der Waals surface area contributed by atoms with Crippen molar-refractivity contribution in [2.45, 2.75) is 33.2 Å². The molecule has 9 heteroatoms. The molecular formula is C23H27ClIN3O4. The second-order valence-corrected chi connectivity index (χ2v) is 8.96. The zero-order chi connectivity index (χ0) is 23.7. The summed E-state index contributed by atoms with van der Waals surface area (Å²) in [6.45, 7) is 6.34. The largest absolute Gasteiger partial charge is 0.492 e. The van der Waals surface area contributed by atoms with E-state index in [9.17, 15) is 9.59 Å². The Bertz CT molecular complexity index is 964. The van der Waals surface area contributed by atoms with E-state index in [4.69, 9.17) is 21.1 Å². The lowest BCUT2D eigenvalue weighted by atomic mass is 10.0. The van der Waals surface area contributed by atoms with Crippen molar-refractivity contribution in [3.63, 3.8) is 0 Å². The molecule has 2 rings (SSSR count). The van der Waals surface area contributed by atoms with Gasteiger partial charge in [-0.1, -0.05) is 25.4 Å². The van der Waals surface area contributed by atoms with E-state index in [-0.39, 0.29) is 11.8 Å². The third kappa shape index (κ3) is 7.67. The highest BCUT2D eigenvalue weighted by molar-refractivity contribution is 14.1. The summed E-state index contributed by atoms with van der Waals surface area (Å²) in [5, 5.41) is 7.38. The molecule has 0 spiro atoms. The Hall–Kier alpha value is -2.33. The second kappa shape index (κ2) is 12.6. The lowest BCUT2D eigenvalue weighted by molar-refractivity contribution is -0.123. The van der Waals surface area contributed by atoms with Crippen LogP contribution in [0.3, 0.4) is 0 Å². The van der Waals surface area contributed by atoms with Crippen molar-refractivity contribution in [3.05, 3.63) is 56.1 Å². The molecule has 2 N–H and O–H groups in total. The van der Waals surface area contributed by atoms with Crippen LogP contribution in [0.4, 0.5) is 0 Å². The molecule has 1 atom stereocenters. The third-order valence-electron chi connectivity index (χ3n) is 4.36. The number of benzene rings is 2. The van der Waals surface area contributed by atoms with Gasteiger partial charge in [-0.15, -0.1) is 0 Å². The molecule has 1 unspecified atom stereocenters. The Morgan fingerprint density at radius 1 is 1.22 bits per heavy atom. The molecule has 2 aromatic rings. The average Bonchev–Trinajstić information content (AvgIpc) is 2.73. The van der Waals surface area contributed by atoms with Gasteiger partial charge in [-0.3, -0.25) is 9.59 Å². The van der Waals surface area contributed by atoms with Crippen molar-refractivity contribution in [2.24, 2.45) is 11.0 Å². The molecule has 0 saturated heterocycles. The summed E-state index contributed by atoms with van der Waals surface area (Å²) in [5.74, 6) is 0.693. The lowest BCUT2D eigenvalue weighted by Crippen LogP contribution is -2.46. The highest BCUT2D eigenvalue weighted by atomic mass is 127. The van der Waals surface area contributed by atoms with E-state index in [0.717, 1.165) is 9.13 Å². The van der Waals surface area contributed by atoms with Crippen LogP contribution in [0.25, 0.3) is 0 Å². The molecule has 0 fully saturated rings. The SMILES string of the molecule is CCOc1cc(C=NNC(=O)C(CC(C)C)NC(=O)c2ccc(Cl)cc2)cc(I)c1OC. The van der Waals surface area contributed by atoms with E-state index < -0.39 is 11.9 Å². The number of hydrogen-bond donors (Lipinski definition) is 2. The minimum Gasteiger partial charge on any atom is -0.492 e. The van der Waals surface area contributed by atoms with Gasteiger partial charge in [0.2, 0.25) is 0 Å². The number of amides is 2. The Balaban J connectivity index is 2.10. The molecule has 0 aliphatic heterocycles. The minimum atomic E-state index is -0.731.